The van der Waals surface area contributed by atoms with E-state index in [9.17, 15) is 8.78 Å². The molecule has 2 aromatic rings. The first-order chi connectivity index (χ1) is 7.13. The highest BCUT2D eigenvalue weighted by Crippen LogP contribution is 2.27. The van der Waals surface area contributed by atoms with Crippen molar-refractivity contribution in [2.75, 3.05) is 18.1 Å². The number of hydrogen-bond donors (Lipinski definition) is 2. The molecule has 4 heteroatoms. The van der Waals surface area contributed by atoms with Crippen LogP contribution in [0.2, 0.25) is 0 Å². The van der Waals surface area contributed by atoms with Crippen molar-refractivity contribution in [3.05, 3.63) is 35.9 Å². The van der Waals surface area contributed by atoms with E-state index in [-0.39, 0.29) is 0 Å². The van der Waals surface area contributed by atoms with Gasteiger partial charge in [-0.3, -0.25) is 0 Å². The highest BCUT2D eigenvalue weighted by atomic mass is 19.1. The molecular weight excluding hydrogens is 198 g/mol. The van der Waals surface area contributed by atoms with Crippen molar-refractivity contribution in [2.45, 2.75) is 0 Å². The zero-order valence-electron chi connectivity index (χ0n) is 8.14. The molecule has 0 saturated heterocycles. The lowest BCUT2D eigenvalue weighted by molar-refractivity contribution is 0.600. The fourth-order valence-corrected chi connectivity index (χ4v) is 1.50. The number of nitrogens with two attached hydrogens (primary N) is 1. The van der Waals surface area contributed by atoms with Gasteiger partial charge in [0.25, 0.3) is 0 Å². The molecule has 2 aromatic carbocycles. The molecule has 15 heavy (non-hydrogen) atoms. The maximum absolute atomic E-state index is 13.5. The second-order valence-electron chi connectivity index (χ2n) is 3.27. The largest absolute Gasteiger partial charge is 0.394 e. The summed E-state index contributed by atoms with van der Waals surface area (Å²) in [7, 11) is 1.74. The summed E-state index contributed by atoms with van der Waals surface area (Å²) in [6.07, 6.45) is 0. The van der Waals surface area contributed by atoms with Crippen LogP contribution in [0.3, 0.4) is 0 Å². The molecule has 0 aromatic heterocycles. The standard InChI is InChI=1S/C11H10F2N2/c1-15-7-2-3-8-6(4-7)5-9(12)11(14)10(8)13/h2-5,15H,14H2,1H3. The number of hydrogen-bond acceptors (Lipinski definition) is 2. The number of rotatable bonds is 1. The van der Waals surface area contributed by atoms with Gasteiger partial charge in [-0.1, -0.05) is 0 Å². The monoisotopic (exact) mass is 208 g/mol. The summed E-state index contributed by atoms with van der Waals surface area (Å²) >= 11 is 0. The Labute approximate surface area is 85.7 Å². The van der Waals surface area contributed by atoms with Crippen LogP contribution >= 0.6 is 0 Å². The molecule has 2 nitrogen and oxygen atoms in total. The van der Waals surface area contributed by atoms with Crippen LogP contribution in [-0.4, -0.2) is 7.05 Å². The lowest BCUT2D eigenvalue weighted by atomic mass is 10.1. The van der Waals surface area contributed by atoms with E-state index >= 15 is 0 Å². The topological polar surface area (TPSA) is 38.0 Å². The van der Waals surface area contributed by atoms with Gasteiger partial charge in [0.2, 0.25) is 0 Å². The number of nitrogen functional groups attached to an aromatic ring is 1. The van der Waals surface area contributed by atoms with Crippen molar-refractivity contribution in [2.24, 2.45) is 0 Å². The molecular formula is C11H10F2N2. The summed E-state index contributed by atoms with van der Waals surface area (Å²) in [5.41, 5.74) is 5.62. The molecule has 0 aliphatic carbocycles. The summed E-state index contributed by atoms with van der Waals surface area (Å²) in [5, 5.41) is 3.71. The quantitative estimate of drug-likeness (QED) is 0.707. The van der Waals surface area contributed by atoms with Crippen LogP contribution < -0.4 is 11.1 Å². The van der Waals surface area contributed by atoms with Crippen LogP contribution in [0.15, 0.2) is 24.3 Å². The fraction of sp³-hybridized carbons (Fsp3) is 0.0909. The number of benzene rings is 2. The van der Waals surface area contributed by atoms with Crippen molar-refractivity contribution in [1.82, 2.24) is 0 Å². The Morgan fingerprint density at radius 2 is 1.93 bits per heavy atom. The van der Waals surface area contributed by atoms with Gasteiger partial charge in [0.15, 0.2) is 5.82 Å². The molecule has 0 heterocycles. The first-order valence-electron chi connectivity index (χ1n) is 4.48. The van der Waals surface area contributed by atoms with Crippen molar-refractivity contribution in [3.8, 4) is 0 Å². The van der Waals surface area contributed by atoms with Crippen LogP contribution in [0.5, 0.6) is 0 Å². The number of nitrogens with one attached hydrogen (secondary N) is 1. The SMILES string of the molecule is CNc1ccc2c(F)c(N)c(F)cc2c1. The summed E-state index contributed by atoms with van der Waals surface area (Å²) in [4.78, 5) is 0. The van der Waals surface area contributed by atoms with E-state index in [0.717, 1.165) is 5.69 Å². The minimum absolute atomic E-state index is 0.327. The van der Waals surface area contributed by atoms with Crippen LogP contribution in [0.4, 0.5) is 20.2 Å². The molecule has 0 aliphatic heterocycles. The van der Waals surface area contributed by atoms with Gasteiger partial charge in [0.1, 0.15) is 11.5 Å². The molecule has 0 saturated carbocycles. The number of anilines is 2. The van der Waals surface area contributed by atoms with E-state index in [2.05, 4.69) is 5.32 Å². The van der Waals surface area contributed by atoms with Crippen molar-refractivity contribution in [3.63, 3.8) is 0 Å². The molecule has 0 fully saturated rings. The Morgan fingerprint density at radius 1 is 1.20 bits per heavy atom. The molecule has 0 atom stereocenters. The highest BCUT2D eigenvalue weighted by Gasteiger charge is 2.10. The molecule has 0 unspecified atom stereocenters. The normalized spacial score (nSPS) is 10.6. The van der Waals surface area contributed by atoms with Gasteiger partial charge < -0.3 is 11.1 Å². The van der Waals surface area contributed by atoms with E-state index in [0.29, 0.717) is 10.8 Å². The third-order valence-electron chi connectivity index (χ3n) is 2.35. The van der Waals surface area contributed by atoms with Crippen LogP contribution in [0.25, 0.3) is 10.8 Å². The Bertz CT molecular complexity index is 523. The lowest BCUT2D eigenvalue weighted by Gasteiger charge is -2.06. The first-order valence-corrected chi connectivity index (χ1v) is 4.48. The summed E-state index contributed by atoms with van der Waals surface area (Å²) in [5.74, 6) is -1.43. The minimum Gasteiger partial charge on any atom is -0.394 e. The van der Waals surface area contributed by atoms with Crippen molar-refractivity contribution < 1.29 is 8.78 Å². The van der Waals surface area contributed by atoms with Crippen LogP contribution in [0.1, 0.15) is 0 Å². The van der Waals surface area contributed by atoms with E-state index in [1.54, 1.807) is 25.2 Å². The Kier molecular flexibility index (Phi) is 2.19. The summed E-state index contributed by atoms with van der Waals surface area (Å²) < 4.78 is 26.7. The second kappa shape index (κ2) is 3.38. The molecule has 0 spiro atoms. The molecule has 0 aliphatic rings. The second-order valence-corrected chi connectivity index (χ2v) is 3.27. The van der Waals surface area contributed by atoms with Gasteiger partial charge in [-0.25, -0.2) is 8.78 Å². The van der Waals surface area contributed by atoms with E-state index < -0.39 is 17.3 Å². The van der Waals surface area contributed by atoms with Gasteiger partial charge in [0.05, 0.1) is 0 Å². The maximum Gasteiger partial charge on any atom is 0.156 e. The van der Waals surface area contributed by atoms with Gasteiger partial charge in [-0.2, -0.15) is 0 Å². The van der Waals surface area contributed by atoms with Gasteiger partial charge in [-0.05, 0) is 29.7 Å². The minimum atomic E-state index is -0.728. The molecule has 0 amide bonds. The lowest BCUT2D eigenvalue weighted by Crippen LogP contribution is -1.97. The molecule has 3 N–H and O–H groups in total. The molecule has 78 valence electrons. The van der Waals surface area contributed by atoms with Crippen molar-refractivity contribution >= 4 is 22.1 Å². The summed E-state index contributed by atoms with van der Waals surface area (Å²) in [6.45, 7) is 0. The maximum atomic E-state index is 13.5. The van der Waals surface area contributed by atoms with E-state index in [1.165, 1.54) is 6.07 Å². The zero-order valence-corrected chi connectivity index (χ0v) is 8.14. The molecule has 2 rings (SSSR count). The fourth-order valence-electron chi connectivity index (χ4n) is 1.50. The Hall–Kier alpha value is -1.84. The smallest absolute Gasteiger partial charge is 0.156 e. The Morgan fingerprint density at radius 3 is 2.60 bits per heavy atom. The van der Waals surface area contributed by atoms with E-state index in [1.807, 2.05) is 0 Å². The number of halogens is 2. The molecule has 0 radical (unpaired) electrons. The van der Waals surface area contributed by atoms with Gasteiger partial charge in [-0.15, -0.1) is 0 Å². The van der Waals surface area contributed by atoms with Crippen molar-refractivity contribution in [1.29, 1.82) is 0 Å². The van der Waals surface area contributed by atoms with Crippen LogP contribution in [-0.2, 0) is 0 Å². The van der Waals surface area contributed by atoms with Crippen LogP contribution in [0, 0.1) is 11.6 Å². The third-order valence-corrected chi connectivity index (χ3v) is 2.35. The highest BCUT2D eigenvalue weighted by molar-refractivity contribution is 5.89. The third kappa shape index (κ3) is 1.48. The molecule has 0 bridgehead atoms. The summed E-state index contributed by atoms with van der Waals surface area (Å²) in [6, 6.07) is 6.19. The zero-order chi connectivity index (χ0) is 11.0. The first kappa shape index (κ1) is 9.71. The average molecular weight is 208 g/mol. The average Bonchev–Trinajstić information content (AvgIpc) is 2.25. The van der Waals surface area contributed by atoms with Gasteiger partial charge >= 0.3 is 0 Å². The predicted octanol–water partition coefficient (Wildman–Crippen LogP) is 2.74. The predicted molar refractivity (Wildman–Crippen MR) is 57.8 cm³/mol. The Balaban J connectivity index is 2.80. The van der Waals surface area contributed by atoms with E-state index in [4.69, 9.17) is 5.73 Å². The van der Waals surface area contributed by atoms with Gasteiger partial charge in [0, 0.05) is 18.1 Å². The number of fused-ring (bicyclic) bond motifs is 1.